The zero-order valence-electron chi connectivity index (χ0n) is 15.6. The Hall–Kier alpha value is -1.62. The lowest BCUT2D eigenvalue weighted by Gasteiger charge is -2.35. The van der Waals surface area contributed by atoms with Crippen molar-refractivity contribution in [1.29, 1.82) is 0 Å². The molecule has 4 nitrogen and oxygen atoms in total. The summed E-state index contributed by atoms with van der Waals surface area (Å²) in [7, 11) is 0. The molecule has 0 unspecified atom stereocenters. The minimum atomic E-state index is -0.0942. The monoisotopic (exact) mass is 357 g/mol. The Labute approximate surface area is 153 Å². The third-order valence-electron chi connectivity index (χ3n) is 5.33. The van der Waals surface area contributed by atoms with E-state index in [1.165, 1.54) is 29.0 Å². The van der Waals surface area contributed by atoms with Gasteiger partial charge in [-0.3, -0.25) is 9.48 Å². The van der Waals surface area contributed by atoms with E-state index in [0.29, 0.717) is 11.6 Å². The molecule has 0 bridgehead atoms. The number of aromatic nitrogens is 2. The largest absolute Gasteiger partial charge is 0.330 e. The van der Waals surface area contributed by atoms with E-state index in [9.17, 15) is 4.79 Å². The first-order chi connectivity index (χ1) is 11.9. The number of hydrogen-bond donors (Lipinski definition) is 0. The van der Waals surface area contributed by atoms with Gasteiger partial charge >= 0.3 is 0 Å². The molecule has 5 heteroatoms. The summed E-state index contributed by atoms with van der Waals surface area (Å²) in [6, 6.07) is 4.43. The lowest BCUT2D eigenvalue weighted by Crippen LogP contribution is -2.39. The number of carbonyl (C=O) groups excluding carboxylic acids is 1. The smallest absolute Gasteiger partial charge is 0.274 e. The fourth-order valence-electron chi connectivity index (χ4n) is 3.93. The number of hydrogen-bond acceptors (Lipinski definition) is 3. The molecule has 0 aromatic carbocycles. The molecule has 134 valence electrons. The number of carbonyl (C=O) groups is 1. The Balaban J connectivity index is 1.67. The molecule has 0 N–H and O–H groups in total. The van der Waals surface area contributed by atoms with Crippen LogP contribution in [0.15, 0.2) is 17.5 Å². The number of nitrogens with zero attached hydrogens (tertiary/aromatic N) is 3. The summed E-state index contributed by atoms with van der Waals surface area (Å²) in [5.74, 6) is 0.675. The highest BCUT2D eigenvalue weighted by Crippen LogP contribution is 2.42. The van der Waals surface area contributed by atoms with Crippen molar-refractivity contribution < 1.29 is 4.79 Å². The number of rotatable bonds is 3. The van der Waals surface area contributed by atoms with Gasteiger partial charge in [0.05, 0.1) is 11.6 Å². The predicted molar refractivity (Wildman–Crippen MR) is 101 cm³/mol. The lowest BCUT2D eigenvalue weighted by atomic mass is 9.97. The predicted octanol–water partition coefficient (Wildman–Crippen LogP) is 4.73. The summed E-state index contributed by atoms with van der Waals surface area (Å²) in [4.78, 5) is 16.8. The highest BCUT2D eigenvalue weighted by atomic mass is 32.1. The summed E-state index contributed by atoms with van der Waals surface area (Å²) >= 11 is 1.82. The summed E-state index contributed by atoms with van der Waals surface area (Å²) < 4.78 is 2.08. The van der Waals surface area contributed by atoms with Crippen LogP contribution < -0.4 is 0 Å². The maximum Gasteiger partial charge on any atom is 0.274 e. The van der Waals surface area contributed by atoms with Crippen molar-refractivity contribution in [3.05, 3.63) is 39.3 Å². The molecule has 0 spiro atoms. The normalized spacial score (nSPS) is 20.6. The Bertz CT molecular complexity index is 794. The molecule has 0 saturated heterocycles. The molecule has 1 aliphatic heterocycles. The van der Waals surface area contributed by atoms with E-state index in [0.717, 1.165) is 19.4 Å². The molecule has 2 aromatic heterocycles. The van der Waals surface area contributed by atoms with Crippen molar-refractivity contribution in [2.24, 2.45) is 0 Å². The Morgan fingerprint density at radius 2 is 2.12 bits per heavy atom. The van der Waals surface area contributed by atoms with Crippen LogP contribution in [0.1, 0.15) is 85.5 Å². The third-order valence-corrected chi connectivity index (χ3v) is 6.33. The van der Waals surface area contributed by atoms with E-state index in [1.807, 2.05) is 16.2 Å². The molecule has 3 heterocycles. The number of fused-ring (bicyclic) bond motifs is 1. The fraction of sp³-hybridized carbons (Fsp3) is 0.600. The zero-order valence-corrected chi connectivity index (χ0v) is 16.4. The maximum atomic E-state index is 13.3. The van der Waals surface area contributed by atoms with Crippen LogP contribution in [0.25, 0.3) is 0 Å². The molecular weight excluding hydrogens is 330 g/mol. The molecule has 1 saturated carbocycles. The molecule has 2 aliphatic rings. The number of thiophene rings is 1. The maximum absolute atomic E-state index is 13.3. The molecule has 1 amide bonds. The molecule has 25 heavy (non-hydrogen) atoms. The van der Waals surface area contributed by atoms with E-state index < -0.39 is 0 Å². The highest BCUT2D eigenvalue weighted by molar-refractivity contribution is 7.10. The second-order valence-corrected chi connectivity index (χ2v) is 9.28. The molecule has 0 radical (unpaired) electrons. The summed E-state index contributed by atoms with van der Waals surface area (Å²) in [5, 5.41) is 6.91. The molecule has 2 aromatic rings. The van der Waals surface area contributed by atoms with Gasteiger partial charge in [0.2, 0.25) is 0 Å². The van der Waals surface area contributed by atoms with Gasteiger partial charge in [0.1, 0.15) is 0 Å². The third kappa shape index (κ3) is 2.92. The molecule has 1 fully saturated rings. The van der Waals surface area contributed by atoms with Crippen LogP contribution in [0.5, 0.6) is 0 Å². The van der Waals surface area contributed by atoms with Crippen molar-refractivity contribution in [2.75, 3.05) is 6.54 Å². The number of amides is 1. The molecular formula is C20H27N3OS. The topological polar surface area (TPSA) is 38.1 Å². The van der Waals surface area contributed by atoms with Crippen LogP contribution >= 0.6 is 11.3 Å². The van der Waals surface area contributed by atoms with Gasteiger partial charge in [-0.1, -0.05) is 6.92 Å². The van der Waals surface area contributed by atoms with Crippen LogP contribution in [-0.2, 0) is 12.0 Å². The van der Waals surface area contributed by atoms with Crippen LogP contribution in [-0.4, -0.2) is 27.1 Å². The molecule has 1 aliphatic carbocycles. The van der Waals surface area contributed by atoms with Crippen LogP contribution in [0.2, 0.25) is 0 Å². The standard InChI is InChI=1S/C20H27N3OS/c1-5-16-14-9-11-25-18(14)8-10-22(16)19(24)15-12-17(13-6-7-13)23(21-15)20(2,3)4/h9,11-13,16H,5-8,10H2,1-4H3/t16-/m1/s1. The van der Waals surface area contributed by atoms with Gasteiger partial charge in [0, 0.05) is 23.0 Å². The first kappa shape index (κ1) is 16.8. The quantitative estimate of drug-likeness (QED) is 0.797. The van der Waals surface area contributed by atoms with Crippen LogP contribution in [0, 0.1) is 0 Å². The average molecular weight is 358 g/mol. The first-order valence-corrected chi connectivity index (χ1v) is 10.3. The lowest BCUT2D eigenvalue weighted by molar-refractivity contribution is 0.0649. The van der Waals surface area contributed by atoms with Gasteiger partial charge < -0.3 is 4.90 Å². The summed E-state index contributed by atoms with van der Waals surface area (Å²) in [5.41, 5.74) is 3.10. The van der Waals surface area contributed by atoms with Crippen molar-refractivity contribution in [3.63, 3.8) is 0 Å². The second-order valence-electron chi connectivity index (χ2n) is 8.28. The van der Waals surface area contributed by atoms with Crippen molar-refractivity contribution in [2.45, 2.75) is 70.9 Å². The zero-order chi connectivity index (χ0) is 17.8. The average Bonchev–Trinajstić information content (AvgIpc) is 3.12. The minimum Gasteiger partial charge on any atom is -0.330 e. The summed E-state index contributed by atoms with van der Waals surface area (Å²) in [6.45, 7) is 9.45. The van der Waals surface area contributed by atoms with Crippen molar-refractivity contribution in [3.8, 4) is 0 Å². The van der Waals surface area contributed by atoms with E-state index in [4.69, 9.17) is 5.10 Å². The Morgan fingerprint density at radius 3 is 2.76 bits per heavy atom. The van der Waals surface area contributed by atoms with Gasteiger partial charge in [-0.2, -0.15) is 5.10 Å². The van der Waals surface area contributed by atoms with Crippen molar-refractivity contribution in [1.82, 2.24) is 14.7 Å². The highest BCUT2D eigenvalue weighted by Gasteiger charge is 2.36. The second kappa shape index (κ2) is 5.97. The van der Waals surface area contributed by atoms with E-state index in [-0.39, 0.29) is 17.5 Å². The SMILES string of the molecule is CC[C@@H]1c2ccsc2CCN1C(=O)c1cc(C2CC2)n(C(C)(C)C)n1. The van der Waals surface area contributed by atoms with Crippen LogP contribution in [0.3, 0.4) is 0 Å². The van der Waals surface area contributed by atoms with Crippen molar-refractivity contribution >= 4 is 17.2 Å². The van der Waals surface area contributed by atoms with Gasteiger partial charge in [0.15, 0.2) is 5.69 Å². The van der Waals surface area contributed by atoms with Crippen LogP contribution in [0.4, 0.5) is 0 Å². The van der Waals surface area contributed by atoms with E-state index in [1.54, 1.807) is 0 Å². The fourth-order valence-corrected chi connectivity index (χ4v) is 4.86. The van der Waals surface area contributed by atoms with E-state index in [2.05, 4.69) is 49.9 Å². The molecule has 4 rings (SSSR count). The first-order valence-electron chi connectivity index (χ1n) is 9.37. The molecule has 1 atom stereocenters. The minimum absolute atomic E-state index is 0.0913. The Morgan fingerprint density at radius 1 is 1.36 bits per heavy atom. The van der Waals surface area contributed by atoms with Gasteiger partial charge in [-0.15, -0.1) is 11.3 Å². The Kier molecular flexibility index (Phi) is 4.02. The van der Waals surface area contributed by atoms with Gasteiger partial charge in [0.25, 0.3) is 5.91 Å². The summed E-state index contributed by atoms with van der Waals surface area (Å²) in [6.07, 6.45) is 4.35. The van der Waals surface area contributed by atoms with E-state index >= 15 is 0 Å². The van der Waals surface area contributed by atoms with Gasteiger partial charge in [-0.25, -0.2) is 0 Å². The van der Waals surface area contributed by atoms with Gasteiger partial charge in [-0.05, 0) is 69.5 Å².